The molecule has 0 bridgehead atoms. The Labute approximate surface area is 74.2 Å². The highest BCUT2D eigenvalue weighted by atomic mass is 35.5. The van der Waals surface area contributed by atoms with E-state index in [2.05, 4.69) is 36.5 Å². The van der Waals surface area contributed by atoms with Crippen molar-refractivity contribution < 1.29 is 0 Å². The van der Waals surface area contributed by atoms with Crippen LogP contribution in [0, 0.1) is 6.92 Å². The summed E-state index contributed by atoms with van der Waals surface area (Å²) in [6, 6.07) is 8.52. The van der Waals surface area contributed by atoms with E-state index in [1.165, 1.54) is 11.1 Å². The average molecular weight is 172 g/mol. The lowest BCUT2D eigenvalue weighted by Gasteiger charge is -1.99. The fourth-order valence-corrected chi connectivity index (χ4v) is 1.03. The van der Waals surface area contributed by atoms with Gasteiger partial charge in [-0.25, -0.2) is 0 Å². The van der Waals surface area contributed by atoms with E-state index in [0.29, 0.717) is 0 Å². The fourth-order valence-electron chi connectivity index (χ4n) is 1.03. The van der Waals surface area contributed by atoms with Crippen LogP contribution in [-0.4, -0.2) is 7.05 Å². The third kappa shape index (κ3) is 3.40. The van der Waals surface area contributed by atoms with Gasteiger partial charge in [0.25, 0.3) is 0 Å². The largest absolute Gasteiger partial charge is 0.316 e. The van der Waals surface area contributed by atoms with E-state index in [1.807, 2.05) is 7.05 Å². The van der Waals surface area contributed by atoms with Crippen molar-refractivity contribution in [3.8, 4) is 0 Å². The van der Waals surface area contributed by atoms with Crippen molar-refractivity contribution in [3.05, 3.63) is 35.4 Å². The highest BCUT2D eigenvalue weighted by molar-refractivity contribution is 5.85. The van der Waals surface area contributed by atoms with Gasteiger partial charge >= 0.3 is 0 Å². The predicted molar refractivity (Wildman–Crippen MR) is 51.2 cm³/mol. The van der Waals surface area contributed by atoms with E-state index >= 15 is 0 Å². The molecule has 2 heteroatoms. The normalized spacial score (nSPS) is 8.91. The standard InChI is InChI=1S/C9H13N.ClH/c1-8-4-3-5-9(6-8)7-10-2;/h3-6,10H,7H2,1-2H3;1H. The van der Waals surface area contributed by atoms with Crippen molar-refractivity contribution in [2.75, 3.05) is 7.05 Å². The number of nitrogens with one attached hydrogen (secondary N) is 1. The van der Waals surface area contributed by atoms with Gasteiger partial charge in [0.2, 0.25) is 0 Å². The van der Waals surface area contributed by atoms with Gasteiger partial charge in [-0.2, -0.15) is 0 Å². The molecule has 1 aromatic rings. The maximum absolute atomic E-state index is 3.11. The van der Waals surface area contributed by atoms with Crippen LogP contribution in [0.25, 0.3) is 0 Å². The van der Waals surface area contributed by atoms with E-state index in [-0.39, 0.29) is 12.4 Å². The van der Waals surface area contributed by atoms with E-state index in [1.54, 1.807) is 0 Å². The zero-order valence-corrected chi connectivity index (χ0v) is 7.74. The topological polar surface area (TPSA) is 12.0 Å². The smallest absolute Gasteiger partial charge is 0.0202 e. The Bertz CT molecular complexity index is 210. The van der Waals surface area contributed by atoms with Crippen molar-refractivity contribution in [3.63, 3.8) is 0 Å². The number of aryl methyl sites for hydroxylation is 1. The number of rotatable bonds is 2. The molecule has 0 amide bonds. The Balaban J connectivity index is 0.000001000. The SMILES string of the molecule is CNCc1cccc(C)c1.Cl. The van der Waals surface area contributed by atoms with Gasteiger partial charge in [0, 0.05) is 6.54 Å². The molecular weight excluding hydrogens is 158 g/mol. The van der Waals surface area contributed by atoms with Gasteiger partial charge in [0.15, 0.2) is 0 Å². The molecule has 0 radical (unpaired) electrons. The average Bonchev–Trinajstić information content (AvgIpc) is 1.88. The van der Waals surface area contributed by atoms with E-state index in [4.69, 9.17) is 0 Å². The van der Waals surface area contributed by atoms with Gasteiger partial charge in [0.05, 0.1) is 0 Å². The van der Waals surface area contributed by atoms with E-state index in [0.717, 1.165) is 6.54 Å². The number of benzene rings is 1. The summed E-state index contributed by atoms with van der Waals surface area (Å²) in [6.45, 7) is 3.07. The van der Waals surface area contributed by atoms with Gasteiger partial charge in [0.1, 0.15) is 0 Å². The third-order valence-corrected chi connectivity index (χ3v) is 1.46. The predicted octanol–water partition coefficient (Wildman–Crippen LogP) is 2.14. The molecule has 0 fully saturated rings. The first-order chi connectivity index (χ1) is 4.83. The molecule has 1 rings (SSSR count). The van der Waals surface area contributed by atoms with Crippen LogP contribution in [0.2, 0.25) is 0 Å². The summed E-state index contributed by atoms with van der Waals surface area (Å²) in [5, 5.41) is 3.11. The van der Waals surface area contributed by atoms with Gasteiger partial charge in [-0.05, 0) is 19.5 Å². The Morgan fingerprint density at radius 2 is 2.09 bits per heavy atom. The monoisotopic (exact) mass is 171 g/mol. The zero-order chi connectivity index (χ0) is 7.40. The molecule has 0 aliphatic heterocycles. The van der Waals surface area contributed by atoms with Gasteiger partial charge < -0.3 is 5.32 Å². The second-order valence-corrected chi connectivity index (χ2v) is 2.52. The minimum Gasteiger partial charge on any atom is -0.316 e. The van der Waals surface area contributed by atoms with Gasteiger partial charge in [-0.3, -0.25) is 0 Å². The number of halogens is 1. The van der Waals surface area contributed by atoms with Crippen molar-refractivity contribution in [2.45, 2.75) is 13.5 Å². The Kier molecular flexibility index (Phi) is 4.92. The summed E-state index contributed by atoms with van der Waals surface area (Å²) in [5.41, 5.74) is 2.68. The van der Waals surface area contributed by atoms with E-state index in [9.17, 15) is 0 Å². The van der Waals surface area contributed by atoms with Crippen LogP contribution in [0.3, 0.4) is 0 Å². The highest BCUT2D eigenvalue weighted by Crippen LogP contribution is 2.02. The minimum atomic E-state index is 0. The molecule has 1 nitrogen and oxygen atoms in total. The second kappa shape index (κ2) is 5.16. The Morgan fingerprint density at radius 3 is 2.64 bits per heavy atom. The lowest BCUT2D eigenvalue weighted by atomic mass is 10.1. The second-order valence-electron chi connectivity index (χ2n) is 2.52. The lowest BCUT2D eigenvalue weighted by Crippen LogP contribution is -2.04. The highest BCUT2D eigenvalue weighted by Gasteiger charge is 1.88. The maximum Gasteiger partial charge on any atom is 0.0202 e. The lowest BCUT2D eigenvalue weighted by molar-refractivity contribution is 0.817. The molecule has 0 aliphatic carbocycles. The van der Waals surface area contributed by atoms with Crippen LogP contribution in [0.1, 0.15) is 11.1 Å². The van der Waals surface area contributed by atoms with Crippen molar-refractivity contribution in [1.29, 1.82) is 0 Å². The molecule has 0 saturated heterocycles. The van der Waals surface area contributed by atoms with Gasteiger partial charge in [-0.15, -0.1) is 12.4 Å². The molecule has 0 unspecified atom stereocenters. The Hall–Kier alpha value is -0.530. The molecule has 0 aromatic heterocycles. The van der Waals surface area contributed by atoms with Crippen molar-refractivity contribution >= 4 is 12.4 Å². The first-order valence-corrected chi connectivity index (χ1v) is 3.53. The van der Waals surface area contributed by atoms with Crippen LogP contribution in [0.4, 0.5) is 0 Å². The maximum atomic E-state index is 3.11. The number of hydrogen-bond donors (Lipinski definition) is 1. The number of hydrogen-bond acceptors (Lipinski definition) is 1. The van der Waals surface area contributed by atoms with E-state index < -0.39 is 0 Å². The van der Waals surface area contributed by atoms with Crippen LogP contribution < -0.4 is 5.32 Å². The van der Waals surface area contributed by atoms with Crippen molar-refractivity contribution in [1.82, 2.24) is 5.32 Å². The summed E-state index contributed by atoms with van der Waals surface area (Å²) in [6.07, 6.45) is 0. The summed E-state index contributed by atoms with van der Waals surface area (Å²) in [7, 11) is 1.96. The molecule has 1 aromatic carbocycles. The van der Waals surface area contributed by atoms with Crippen LogP contribution in [0.15, 0.2) is 24.3 Å². The van der Waals surface area contributed by atoms with Crippen LogP contribution >= 0.6 is 12.4 Å². The quantitative estimate of drug-likeness (QED) is 0.719. The third-order valence-electron chi connectivity index (χ3n) is 1.46. The molecular formula is C9H14ClN. The molecule has 0 saturated carbocycles. The summed E-state index contributed by atoms with van der Waals surface area (Å²) < 4.78 is 0. The molecule has 0 atom stereocenters. The first kappa shape index (κ1) is 10.5. The zero-order valence-electron chi connectivity index (χ0n) is 6.92. The molecule has 0 heterocycles. The first-order valence-electron chi connectivity index (χ1n) is 3.53. The minimum absolute atomic E-state index is 0. The summed E-state index contributed by atoms with van der Waals surface area (Å²) >= 11 is 0. The molecule has 1 N–H and O–H groups in total. The van der Waals surface area contributed by atoms with Crippen molar-refractivity contribution in [2.24, 2.45) is 0 Å². The van der Waals surface area contributed by atoms with Gasteiger partial charge in [-0.1, -0.05) is 29.8 Å². The fraction of sp³-hybridized carbons (Fsp3) is 0.333. The molecule has 0 aliphatic rings. The van der Waals surface area contributed by atoms with Crippen LogP contribution in [-0.2, 0) is 6.54 Å². The molecule has 0 spiro atoms. The Morgan fingerprint density at radius 1 is 1.36 bits per heavy atom. The molecule has 11 heavy (non-hydrogen) atoms. The molecule has 62 valence electrons. The summed E-state index contributed by atoms with van der Waals surface area (Å²) in [4.78, 5) is 0. The summed E-state index contributed by atoms with van der Waals surface area (Å²) in [5.74, 6) is 0. The van der Waals surface area contributed by atoms with Crippen LogP contribution in [0.5, 0.6) is 0 Å².